The van der Waals surface area contributed by atoms with Gasteiger partial charge in [-0.2, -0.15) is 12.6 Å². The van der Waals surface area contributed by atoms with Crippen LogP contribution in [0.1, 0.15) is 19.4 Å². The summed E-state index contributed by atoms with van der Waals surface area (Å²) in [5.41, 5.74) is 3.47. The summed E-state index contributed by atoms with van der Waals surface area (Å²) in [5, 5.41) is 0. The van der Waals surface area contributed by atoms with Crippen LogP contribution in [-0.2, 0) is 0 Å². The lowest BCUT2D eigenvalue weighted by Crippen LogP contribution is -2.25. The molecule has 2 heteroatoms. The predicted octanol–water partition coefficient (Wildman–Crippen LogP) is 3.85. The summed E-state index contributed by atoms with van der Waals surface area (Å²) in [7, 11) is 2.08. The fourth-order valence-corrected chi connectivity index (χ4v) is 1.77. The quantitative estimate of drug-likeness (QED) is 0.611. The van der Waals surface area contributed by atoms with E-state index in [1.807, 2.05) is 25.1 Å². The van der Waals surface area contributed by atoms with Crippen molar-refractivity contribution in [2.24, 2.45) is 0 Å². The number of thiol groups is 1. The second kappa shape index (κ2) is 6.55. The Labute approximate surface area is 110 Å². The molecule has 0 radical (unpaired) electrons. The highest BCUT2D eigenvalue weighted by Crippen LogP contribution is 2.22. The van der Waals surface area contributed by atoms with Gasteiger partial charge in [-0.25, -0.2) is 0 Å². The maximum absolute atomic E-state index is 4.32. The third-order valence-corrected chi connectivity index (χ3v) is 3.37. The van der Waals surface area contributed by atoms with E-state index in [1.54, 1.807) is 0 Å². The third kappa shape index (κ3) is 3.97. The van der Waals surface area contributed by atoms with E-state index >= 15 is 0 Å². The van der Waals surface area contributed by atoms with Crippen LogP contribution in [0.5, 0.6) is 0 Å². The van der Waals surface area contributed by atoms with E-state index in [0.717, 1.165) is 11.3 Å². The molecule has 0 amide bonds. The SMILES string of the molecule is C=C(C)/C(=C\N(C)C(C)CS)c1ccccc1. The molecule has 0 spiro atoms. The average molecular weight is 247 g/mol. The predicted molar refractivity (Wildman–Crippen MR) is 80.3 cm³/mol. The highest BCUT2D eigenvalue weighted by atomic mass is 32.1. The largest absolute Gasteiger partial charge is 0.376 e. The third-order valence-electron chi connectivity index (χ3n) is 2.84. The van der Waals surface area contributed by atoms with Gasteiger partial charge in [-0.3, -0.25) is 0 Å². The van der Waals surface area contributed by atoms with E-state index in [2.05, 4.69) is 56.4 Å². The number of nitrogens with zero attached hydrogens (tertiary/aromatic N) is 1. The van der Waals surface area contributed by atoms with Gasteiger partial charge in [0.25, 0.3) is 0 Å². The molecule has 1 unspecified atom stereocenters. The maximum Gasteiger partial charge on any atom is 0.0341 e. The minimum Gasteiger partial charge on any atom is -0.376 e. The molecule has 0 bridgehead atoms. The smallest absolute Gasteiger partial charge is 0.0341 e. The number of allylic oxidation sites excluding steroid dienone is 2. The normalized spacial score (nSPS) is 13.3. The molecule has 0 aliphatic rings. The molecule has 0 saturated heterocycles. The lowest BCUT2D eigenvalue weighted by Gasteiger charge is -2.23. The average Bonchev–Trinajstić information content (AvgIpc) is 2.35. The highest BCUT2D eigenvalue weighted by Gasteiger charge is 2.07. The van der Waals surface area contributed by atoms with Gasteiger partial charge in [0.1, 0.15) is 0 Å². The fraction of sp³-hybridized carbons (Fsp3) is 0.333. The van der Waals surface area contributed by atoms with Crippen LogP contribution in [0.25, 0.3) is 5.57 Å². The molecule has 1 aromatic rings. The second-order valence-corrected chi connectivity index (χ2v) is 4.75. The van der Waals surface area contributed by atoms with Crippen LogP contribution in [0.3, 0.4) is 0 Å². The first-order chi connectivity index (χ1) is 8.06. The summed E-state index contributed by atoms with van der Waals surface area (Å²) in [4.78, 5) is 2.18. The van der Waals surface area contributed by atoms with Gasteiger partial charge < -0.3 is 4.90 Å². The zero-order valence-electron chi connectivity index (χ0n) is 10.9. The standard InChI is InChI=1S/C15H21NS/c1-12(2)15(10-16(4)13(3)11-17)14-8-6-5-7-9-14/h5-10,13,17H,1,11H2,2-4H3/b15-10+. The molecule has 0 aliphatic carbocycles. The summed E-state index contributed by atoms with van der Waals surface area (Å²) in [6.45, 7) is 8.25. The summed E-state index contributed by atoms with van der Waals surface area (Å²) < 4.78 is 0. The van der Waals surface area contributed by atoms with E-state index in [9.17, 15) is 0 Å². The van der Waals surface area contributed by atoms with Crippen molar-refractivity contribution in [3.05, 3.63) is 54.2 Å². The minimum atomic E-state index is 0.413. The van der Waals surface area contributed by atoms with Crippen molar-refractivity contribution >= 4 is 18.2 Å². The summed E-state index contributed by atoms with van der Waals surface area (Å²) in [6, 6.07) is 10.8. The Morgan fingerprint density at radius 1 is 1.41 bits per heavy atom. The van der Waals surface area contributed by atoms with Crippen LogP contribution in [0.4, 0.5) is 0 Å². The first-order valence-electron chi connectivity index (χ1n) is 5.82. The maximum atomic E-state index is 4.32. The molecule has 0 N–H and O–H groups in total. The molecule has 92 valence electrons. The Hall–Kier alpha value is -1.15. The molecular weight excluding hydrogens is 226 g/mol. The van der Waals surface area contributed by atoms with Gasteiger partial charge in [0.05, 0.1) is 0 Å². The van der Waals surface area contributed by atoms with Crippen LogP contribution in [0.2, 0.25) is 0 Å². The zero-order valence-corrected chi connectivity index (χ0v) is 11.7. The van der Waals surface area contributed by atoms with Gasteiger partial charge in [-0.1, -0.05) is 36.9 Å². The molecule has 1 aromatic carbocycles. The van der Waals surface area contributed by atoms with Crippen molar-refractivity contribution in [1.82, 2.24) is 4.90 Å². The molecule has 0 aliphatic heterocycles. The van der Waals surface area contributed by atoms with Crippen LogP contribution >= 0.6 is 12.6 Å². The van der Waals surface area contributed by atoms with E-state index in [-0.39, 0.29) is 0 Å². The Bertz CT molecular complexity index is 395. The zero-order chi connectivity index (χ0) is 12.8. The van der Waals surface area contributed by atoms with Crippen molar-refractivity contribution < 1.29 is 0 Å². The van der Waals surface area contributed by atoms with Gasteiger partial charge in [0, 0.05) is 25.0 Å². The van der Waals surface area contributed by atoms with E-state index in [1.165, 1.54) is 11.1 Å². The van der Waals surface area contributed by atoms with Crippen LogP contribution in [0, 0.1) is 0 Å². The van der Waals surface area contributed by atoms with Crippen LogP contribution in [0.15, 0.2) is 48.7 Å². The van der Waals surface area contributed by atoms with Gasteiger partial charge in [-0.05, 0) is 30.6 Å². The Kier molecular flexibility index (Phi) is 5.36. The van der Waals surface area contributed by atoms with Gasteiger partial charge in [0.2, 0.25) is 0 Å². The van der Waals surface area contributed by atoms with Gasteiger partial charge >= 0.3 is 0 Å². The highest BCUT2D eigenvalue weighted by molar-refractivity contribution is 7.80. The molecule has 1 rings (SSSR count). The topological polar surface area (TPSA) is 3.24 Å². The first kappa shape index (κ1) is 13.9. The monoisotopic (exact) mass is 247 g/mol. The minimum absolute atomic E-state index is 0.413. The molecule has 17 heavy (non-hydrogen) atoms. The van der Waals surface area contributed by atoms with Crippen LogP contribution < -0.4 is 0 Å². The lowest BCUT2D eigenvalue weighted by molar-refractivity contribution is 0.383. The molecule has 0 aromatic heterocycles. The number of rotatable bonds is 5. The molecule has 1 atom stereocenters. The van der Waals surface area contributed by atoms with Crippen molar-refractivity contribution in [3.8, 4) is 0 Å². The van der Waals surface area contributed by atoms with Crippen molar-refractivity contribution in [1.29, 1.82) is 0 Å². The van der Waals surface area contributed by atoms with E-state index in [4.69, 9.17) is 0 Å². The molecule has 0 saturated carbocycles. The van der Waals surface area contributed by atoms with Crippen molar-refractivity contribution in [2.75, 3.05) is 12.8 Å². The number of benzene rings is 1. The van der Waals surface area contributed by atoms with Gasteiger partial charge in [0.15, 0.2) is 0 Å². The van der Waals surface area contributed by atoms with Crippen LogP contribution in [-0.4, -0.2) is 23.7 Å². The summed E-state index contributed by atoms with van der Waals surface area (Å²) >= 11 is 4.32. The van der Waals surface area contributed by atoms with E-state index < -0.39 is 0 Å². The first-order valence-corrected chi connectivity index (χ1v) is 6.45. The van der Waals surface area contributed by atoms with Crippen molar-refractivity contribution in [2.45, 2.75) is 19.9 Å². The summed E-state index contributed by atoms with van der Waals surface area (Å²) in [6.07, 6.45) is 2.15. The Morgan fingerprint density at radius 3 is 2.47 bits per heavy atom. The van der Waals surface area contributed by atoms with Crippen molar-refractivity contribution in [3.63, 3.8) is 0 Å². The Morgan fingerprint density at radius 2 is 2.00 bits per heavy atom. The fourth-order valence-electron chi connectivity index (χ4n) is 1.51. The molecular formula is C15H21NS. The van der Waals surface area contributed by atoms with Gasteiger partial charge in [-0.15, -0.1) is 0 Å². The lowest BCUT2D eigenvalue weighted by atomic mass is 10.0. The molecule has 0 heterocycles. The number of hydrogen-bond donors (Lipinski definition) is 1. The number of hydrogen-bond acceptors (Lipinski definition) is 2. The molecule has 1 nitrogen and oxygen atoms in total. The van der Waals surface area contributed by atoms with E-state index in [0.29, 0.717) is 6.04 Å². The second-order valence-electron chi connectivity index (χ2n) is 4.39. The Balaban J connectivity index is 3.02. The molecule has 0 fully saturated rings. The summed E-state index contributed by atoms with van der Waals surface area (Å²) in [5.74, 6) is 0.839.